The first-order valence-corrected chi connectivity index (χ1v) is 10.9. The maximum atomic E-state index is 12.9. The predicted molar refractivity (Wildman–Crippen MR) is 117 cm³/mol. The van der Waals surface area contributed by atoms with Gasteiger partial charge in [-0.25, -0.2) is 4.79 Å². The van der Waals surface area contributed by atoms with Gasteiger partial charge >= 0.3 is 13.1 Å². The molecule has 31 heavy (non-hydrogen) atoms. The van der Waals surface area contributed by atoms with Crippen LogP contribution >= 0.6 is 0 Å². The van der Waals surface area contributed by atoms with Crippen LogP contribution < -0.4 is 10.8 Å². The second-order valence-corrected chi connectivity index (χ2v) is 8.85. The van der Waals surface area contributed by atoms with Crippen molar-refractivity contribution in [2.45, 2.75) is 59.5 Å². The minimum Gasteiger partial charge on any atom is -0.463 e. The molecule has 1 amide bonds. The molecule has 0 aromatic heterocycles. The van der Waals surface area contributed by atoms with Gasteiger partial charge in [0, 0.05) is 25.2 Å². The number of nitrogens with zero attached hydrogens (tertiary/aromatic N) is 1. The molecule has 3 rings (SSSR count). The first kappa shape index (κ1) is 23.7. The smallest absolute Gasteiger partial charge is 0.463 e. The van der Waals surface area contributed by atoms with Crippen LogP contribution in [0.15, 0.2) is 12.1 Å². The first-order valence-electron chi connectivity index (χ1n) is 10.9. The Morgan fingerprint density at radius 3 is 2.61 bits per heavy atom. The molecule has 2 aliphatic rings. The number of hydrogen-bond acceptors (Lipinski definition) is 7. The second-order valence-electron chi connectivity index (χ2n) is 8.85. The van der Waals surface area contributed by atoms with Crippen molar-refractivity contribution in [2.24, 2.45) is 5.92 Å². The highest BCUT2D eigenvalue weighted by atomic mass is 16.5. The van der Waals surface area contributed by atoms with E-state index in [1.54, 1.807) is 19.1 Å². The Bertz CT molecular complexity index is 807. The number of esters is 1. The molecule has 0 spiro atoms. The van der Waals surface area contributed by atoms with E-state index in [1.165, 1.54) is 0 Å². The summed E-state index contributed by atoms with van der Waals surface area (Å²) in [5.74, 6) is -0.950. The van der Waals surface area contributed by atoms with Crippen molar-refractivity contribution in [2.75, 3.05) is 26.2 Å². The Hall–Kier alpha value is -1.94. The lowest BCUT2D eigenvalue weighted by molar-refractivity contribution is -0.148. The van der Waals surface area contributed by atoms with Crippen molar-refractivity contribution in [1.82, 2.24) is 10.2 Å². The van der Waals surface area contributed by atoms with Gasteiger partial charge < -0.3 is 24.5 Å². The fraction of sp³-hybridized carbons (Fsp3) is 0.636. The molecule has 8 nitrogen and oxygen atoms in total. The lowest BCUT2D eigenvalue weighted by Crippen LogP contribution is -2.48. The number of morpholine rings is 1. The van der Waals surface area contributed by atoms with Crippen molar-refractivity contribution >= 4 is 24.5 Å². The van der Waals surface area contributed by atoms with Crippen LogP contribution in [0.4, 0.5) is 0 Å². The van der Waals surface area contributed by atoms with Crippen LogP contribution in [-0.4, -0.2) is 73.4 Å². The number of hydrogen-bond donors (Lipinski definition) is 2. The monoisotopic (exact) mass is 432 g/mol. The molecule has 2 heterocycles. The van der Waals surface area contributed by atoms with Gasteiger partial charge in [0.1, 0.15) is 12.6 Å². The van der Waals surface area contributed by atoms with E-state index in [1.807, 2.05) is 27.7 Å². The number of fused-ring (bicyclic) bond motifs is 1. The van der Waals surface area contributed by atoms with Crippen molar-refractivity contribution < 1.29 is 28.7 Å². The average molecular weight is 432 g/mol. The molecule has 0 aliphatic carbocycles. The number of ether oxygens (including phenoxy) is 2. The van der Waals surface area contributed by atoms with Gasteiger partial charge in [0.2, 0.25) is 0 Å². The molecule has 1 aromatic rings. The molecule has 3 unspecified atom stereocenters. The lowest BCUT2D eigenvalue weighted by Gasteiger charge is -2.35. The number of benzene rings is 1. The standard InChI is InChI=1S/C22H33BN2O6/c1-13(2)20(22(27)29-9-8-25-10-14(3)31-15(4)11-25)24-21(26)18-7-6-17-12-30-23(28)19(17)16(18)5/h6-7,13-15,20,28H,8-12H2,1-5H3,(H,24,26). The van der Waals surface area contributed by atoms with Gasteiger partial charge in [0.05, 0.1) is 18.8 Å². The highest BCUT2D eigenvalue weighted by Gasteiger charge is 2.32. The summed E-state index contributed by atoms with van der Waals surface area (Å²) in [5, 5.41) is 12.8. The van der Waals surface area contributed by atoms with Crippen LogP contribution in [-0.2, 0) is 25.5 Å². The van der Waals surface area contributed by atoms with Crippen LogP contribution in [0.1, 0.15) is 49.2 Å². The van der Waals surface area contributed by atoms with Crippen LogP contribution in [0.2, 0.25) is 0 Å². The zero-order valence-corrected chi connectivity index (χ0v) is 19.0. The van der Waals surface area contributed by atoms with E-state index in [9.17, 15) is 14.6 Å². The molecule has 9 heteroatoms. The van der Waals surface area contributed by atoms with Crippen LogP contribution in [0, 0.1) is 12.8 Å². The van der Waals surface area contributed by atoms with Crippen LogP contribution in [0.3, 0.4) is 0 Å². The first-order chi connectivity index (χ1) is 14.7. The van der Waals surface area contributed by atoms with Gasteiger partial charge in [0.25, 0.3) is 5.91 Å². The molecule has 1 aromatic carbocycles. The SMILES string of the molecule is Cc1c(C(=O)NC(C(=O)OCCN2CC(C)OC(C)C2)C(C)C)ccc2c1B(O)OC2. The molecule has 0 radical (unpaired) electrons. The summed E-state index contributed by atoms with van der Waals surface area (Å²) >= 11 is 0. The highest BCUT2D eigenvalue weighted by Crippen LogP contribution is 2.17. The maximum Gasteiger partial charge on any atom is 0.492 e. The van der Waals surface area contributed by atoms with Gasteiger partial charge in [-0.2, -0.15) is 0 Å². The Labute approximate surface area is 184 Å². The fourth-order valence-corrected chi connectivity index (χ4v) is 4.30. The summed E-state index contributed by atoms with van der Waals surface area (Å²) in [5.41, 5.74) is 2.57. The zero-order valence-electron chi connectivity index (χ0n) is 19.0. The average Bonchev–Trinajstić information content (AvgIpc) is 3.06. The van der Waals surface area contributed by atoms with Gasteiger partial charge in [-0.15, -0.1) is 0 Å². The molecule has 2 N–H and O–H groups in total. The number of carbonyl (C=O) groups is 2. The topological polar surface area (TPSA) is 97.3 Å². The number of rotatable bonds is 7. The normalized spacial score (nSPS) is 22.4. The third-order valence-corrected chi connectivity index (χ3v) is 5.85. The highest BCUT2D eigenvalue weighted by molar-refractivity contribution is 6.62. The molecule has 0 bridgehead atoms. The van der Waals surface area contributed by atoms with E-state index in [-0.39, 0.29) is 30.6 Å². The third kappa shape index (κ3) is 5.66. The zero-order chi connectivity index (χ0) is 22.7. The molecular weight excluding hydrogens is 399 g/mol. The predicted octanol–water partition coefficient (Wildman–Crippen LogP) is 0.620. The van der Waals surface area contributed by atoms with E-state index in [4.69, 9.17) is 14.1 Å². The fourth-order valence-electron chi connectivity index (χ4n) is 4.30. The van der Waals surface area contributed by atoms with Crippen LogP contribution in [0.5, 0.6) is 0 Å². The summed E-state index contributed by atoms with van der Waals surface area (Å²) in [7, 11) is -1.03. The second kappa shape index (κ2) is 10.1. The van der Waals surface area contributed by atoms with Crippen molar-refractivity contribution in [3.05, 3.63) is 28.8 Å². The third-order valence-electron chi connectivity index (χ3n) is 5.85. The minimum atomic E-state index is -1.03. The molecule has 0 saturated carbocycles. The minimum absolute atomic E-state index is 0.136. The van der Waals surface area contributed by atoms with E-state index < -0.39 is 19.1 Å². The van der Waals surface area contributed by atoms with Gasteiger partial charge in [-0.1, -0.05) is 19.9 Å². The Morgan fingerprint density at radius 2 is 1.97 bits per heavy atom. The van der Waals surface area contributed by atoms with Crippen molar-refractivity contribution in [3.8, 4) is 0 Å². The molecule has 170 valence electrons. The Morgan fingerprint density at radius 1 is 1.29 bits per heavy atom. The molecule has 1 fully saturated rings. The van der Waals surface area contributed by atoms with Crippen LogP contribution in [0.25, 0.3) is 0 Å². The van der Waals surface area contributed by atoms with E-state index in [2.05, 4.69) is 10.2 Å². The Kier molecular flexibility index (Phi) is 7.75. The van der Waals surface area contributed by atoms with Crippen molar-refractivity contribution in [3.63, 3.8) is 0 Å². The summed E-state index contributed by atoms with van der Waals surface area (Å²) < 4.78 is 16.5. The Balaban J connectivity index is 1.59. The molecule has 1 saturated heterocycles. The lowest BCUT2D eigenvalue weighted by atomic mass is 9.75. The van der Waals surface area contributed by atoms with Gasteiger partial charge in [-0.05, 0) is 49.3 Å². The number of carbonyl (C=O) groups excluding carboxylic acids is 2. The summed E-state index contributed by atoms with van der Waals surface area (Å²) in [4.78, 5) is 27.8. The summed E-state index contributed by atoms with van der Waals surface area (Å²) in [6.07, 6.45) is 0.309. The van der Waals surface area contributed by atoms with Crippen molar-refractivity contribution in [1.29, 1.82) is 0 Å². The van der Waals surface area contributed by atoms with Gasteiger partial charge in [0.15, 0.2) is 0 Å². The van der Waals surface area contributed by atoms with E-state index in [0.717, 1.165) is 18.7 Å². The molecule has 3 atom stereocenters. The maximum absolute atomic E-state index is 12.9. The van der Waals surface area contributed by atoms with E-state index in [0.29, 0.717) is 29.7 Å². The molecular formula is C22H33BN2O6. The molecule has 2 aliphatic heterocycles. The quantitative estimate of drug-likeness (QED) is 0.482. The number of amides is 1. The largest absolute Gasteiger partial charge is 0.492 e. The van der Waals surface area contributed by atoms with Gasteiger partial charge in [-0.3, -0.25) is 9.69 Å². The summed E-state index contributed by atoms with van der Waals surface area (Å²) in [6.45, 7) is 12.4. The van der Waals surface area contributed by atoms with E-state index >= 15 is 0 Å². The number of nitrogens with one attached hydrogen (secondary N) is 1. The summed E-state index contributed by atoms with van der Waals surface area (Å²) in [6, 6.07) is 2.72.